The first-order valence-electron chi connectivity index (χ1n) is 12.9. The van der Waals surface area contributed by atoms with E-state index in [0.717, 1.165) is 35.2 Å². The van der Waals surface area contributed by atoms with Gasteiger partial charge in [0, 0.05) is 36.1 Å². The molecule has 33 heavy (non-hydrogen) atoms. The van der Waals surface area contributed by atoms with E-state index in [0.29, 0.717) is 18.4 Å². The van der Waals surface area contributed by atoms with Crippen molar-refractivity contribution >= 4 is 29.4 Å². The standard InChI is InChI=1S/C27H39BN2O3/c1-18(16-24(31)30-15-9-11-19-10-6-7-14-23(19)30)20-17-29-22-13-8-12-21(25(20)22)28-32-26(2,3)27(4,5)33-28/h8,12-13,17-19,23,29H,6-7,9-11,14-16H2,1-5H3. The molecule has 1 aliphatic carbocycles. The summed E-state index contributed by atoms with van der Waals surface area (Å²) in [6.45, 7) is 11.5. The largest absolute Gasteiger partial charge is 0.495 e. The third-order valence-corrected chi connectivity index (χ3v) is 8.85. The van der Waals surface area contributed by atoms with Gasteiger partial charge in [-0.05, 0) is 82.3 Å². The minimum absolute atomic E-state index is 0.124. The molecular weight excluding hydrogens is 411 g/mol. The van der Waals surface area contributed by atoms with Crippen LogP contribution in [0.4, 0.5) is 0 Å². The van der Waals surface area contributed by atoms with E-state index >= 15 is 0 Å². The number of hydrogen-bond donors (Lipinski definition) is 1. The number of nitrogens with zero attached hydrogens (tertiary/aromatic N) is 1. The van der Waals surface area contributed by atoms with Crippen molar-refractivity contribution in [3.05, 3.63) is 30.0 Å². The smallest absolute Gasteiger partial charge is 0.399 e. The van der Waals surface area contributed by atoms with Crippen molar-refractivity contribution in [2.24, 2.45) is 5.92 Å². The van der Waals surface area contributed by atoms with Crippen LogP contribution in [-0.2, 0) is 14.1 Å². The molecule has 178 valence electrons. The fourth-order valence-electron chi connectivity index (χ4n) is 6.22. The summed E-state index contributed by atoms with van der Waals surface area (Å²) >= 11 is 0. The number of likely N-dealkylation sites (tertiary alicyclic amines) is 1. The number of aromatic amines is 1. The summed E-state index contributed by atoms with van der Waals surface area (Å²) in [6, 6.07) is 6.72. The zero-order valence-electron chi connectivity index (χ0n) is 20.9. The predicted molar refractivity (Wildman–Crippen MR) is 134 cm³/mol. The van der Waals surface area contributed by atoms with Crippen molar-refractivity contribution in [1.29, 1.82) is 0 Å². The van der Waals surface area contributed by atoms with Gasteiger partial charge in [0.05, 0.1) is 11.2 Å². The molecule has 1 saturated carbocycles. The Bertz CT molecular complexity index is 1010. The number of carbonyl (C=O) groups excluding carboxylic acids is 1. The molecule has 3 aliphatic rings. The second kappa shape index (κ2) is 8.46. The molecule has 3 heterocycles. The maximum atomic E-state index is 13.5. The van der Waals surface area contributed by atoms with Crippen molar-refractivity contribution in [3.8, 4) is 0 Å². The van der Waals surface area contributed by atoms with E-state index in [4.69, 9.17) is 9.31 Å². The van der Waals surface area contributed by atoms with Crippen molar-refractivity contribution in [2.75, 3.05) is 6.54 Å². The first-order chi connectivity index (χ1) is 15.7. The molecular formula is C27H39BN2O3. The van der Waals surface area contributed by atoms with E-state index in [-0.39, 0.29) is 17.1 Å². The molecule has 1 N–H and O–H groups in total. The van der Waals surface area contributed by atoms with Gasteiger partial charge < -0.3 is 19.2 Å². The average Bonchev–Trinajstić information content (AvgIpc) is 3.31. The number of nitrogens with one attached hydrogen (secondary N) is 1. The van der Waals surface area contributed by atoms with E-state index < -0.39 is 7.12 Å². The molecule has 1 amide bonds. The minimum atomic E-state index is -0.416. The molecule has 0 bridgehead atoms. The van der Waals surface area contributed by atoms with Crippen LogP contribution >= 0.6 is 0 Å². The second-order valence-corrected chi connectivity index (χ2v) is 11.5. The number of piperidine rings is 1. The normalized spacial score (nSPS) is 27.5. The maximum Gasteiger partial charge on any atom is 0.495 e. The van der Waals surface area contributed by atoms with E-state index in [1.165, 1.54) is 37.7 Å². The number of rotatable bonds is 4. The molecule has 5 rings (SSSR count). The monoisotopic (exact) mass is 450 g/mol. The number of aromatic nitrogens is 1. The zero-order chi connectivity index (χ0) is 23.4. The first-order valence-corrected chi connectivity index (χ1v) is 12.9. The highest BCUT2D eigenvalue weighted by Gasteiger charge is 2.52. The van der Waals surface area contributed by atoms with Crippen LogP contribution in [0, 0.1) is 5.92 Å². The van der Waals surface area contributed by atoms with Gasteiger partial charge in [-0.15, -0.1) is 0 Å². The van der Waals surface area contributed by atoms with Gasteiger partial charge in [-0.3, -0.25) is 4.79 Å². The quantitative estimate of drug-likeness (QED) is 0.657. The number of hydrogen-bond acceptors (Lipinski definition) is 3. The maximum absolute atomic E-state index is 13.5. The molecule has 1 aromatic heterocycles. The van der Waals surface area contributed by atoms with Gasteiger partial charge in [0.1, 0.15) is 0 Å². The SMILES string of the molecule is CC(CC(=O)N1CCCC2CCCCC21)c1c[nH]c2cccc(B3OC(C)(C)C(C)(C)O3)c12. The van der Waals surface area contributed by atoms with Crippen LogP contribution < -0.4 is 5.46 Å². The molecule has 2 aliphatic heterocycles. The highest BCUT2D eigenvalue weighted by atomic mass is 16.7. The number of benzene rings is 1. The van der Waals surface area contributed by atoms with Gasteiger partial charge in [-0.1, -0.05) is 31.9 Å². The summed E-state index contributed by atoms with van der Waals surface area (Å²) in [5.41, 5.74) is 2.53. The predicted octanol–water partition coefficient (Wildman–Crippen LogP) is 5.14. The molecule has 3 unspecified atom stereocenters. The third-order valence-electron chi connectivity index (χ3n) is 8.85. The Morgan fingerprint density at radius 2 is 1.82 bits per heavy atom. The van der Waals surface area contributed by atoms with Crippen LogP contribution in [0.3, 0.4) is 0 Å². The molecule has 5 nitrogen and oxygen atoms in total. The summed E-state index contributed by atoms with van der Waals surface area (Å²) < 4.78 is 12.8. The van der Waals surface area contributed by atoms with Gasteiger partial charge in [-0.25, -0.2) is 0 Å². The Balaban J connectivity index is 1.39. The van der Waals surface area contributed by atoms with Gasteiger partial charge in [0.25, 0.3) is 0 Å². The van der Waals surface area contributed by atoms with Crippen LogP contribution in [0.15, 0.2) is 24.4 Å². The first kappa shape index (κ1) is 23.0. The average molecular weight is 450 g/mol. The lowest BCUT2D eigenvalue weighted by atomic mass is 9.75. The summed E-state index contributed by atoms with van der Waals surface area (Å²) in [6.07, 6.45) is 10.2. The number of amides is 1. The highest BCUT2D eigenvalue weighted by Crippen LogP contribution is 2.39. The van der Waals surface area contributed by atoms with Gasteiger partial charge in [0.15, 0.2) is 0 Å². The fraction of sp³-hybridized carbons (Fsp3) is 0.667. The Labute approximate surface area is 198 Å². The van der Waals surface area contributed by atoms with Crippen molar-refractivity contribution in [1.82, 2.24) is 9.88 Å². The van der Waals surface area contributed by atoms with E-state index in [2.05, 4.69) is 68.9 Å². The van der Waals surface area contributed by atoms with Crippen LogP contribution in [0.5, 0.6) is 0 Å². The summed E-state index contributed by atoms with van der Waals surface area (Å²) in [5, 5.41) is 1.14. The summed E-state index contributed by atoms with van der Waals surface area (Å²) in [5.74, 6) is 1.16. The summed E-state index contributed by atoms with van der Waals surface area (Å²) in [4.78, 5) is 19.1. The summed E-state index contributed by atoms with van der Waals surface area (Å²) in [7, 11) is -0.416. The Kier molecular flexibility index (Phi) is 5.89. The third kappa shape index (κ3) is 4.03. The molecule has 0 spiro atoms. The number of fused-ring (bicyclic) bond motifs is 2. The lowest BCUT2D eigenvalue weighted by Crippen LogP contribution is -2.49. The van der Waals surface area contributed by atoms with Gasteiger partial charge in [0.2, 0.25) is 5.91 Å². The van der Waals surface area contributed by atoms with Crippen LogP contribution in [0.25, 0.3) is 10.9 Å². The second-order valence-electron chi connectivity index (χ2n) is 11.5. The Hall–Kier alpha value is -1.79. The molecule has 6 heteroatoms. The number of carbonyl (C=O) groups is 1. The molecule has 3 atom stereocenters. The molecule has 1 aromatic carbocycles. The lowest BCUT2D eigenvalue weighted by Gasteiger charge is -2.44. The Morgan fingerprint density at radius 1 is 1.12 bits per heavy atom. The van der Waals surface area contributed by atoms with Crippen molar-refractivity contribution in [3.63, 3.8) is 0 Å². The number of H-pyrrole nitrogens is 1. The molecule has 3 fully saturated rings. The molecule has 2 aromatic rings. The van der Waals surface area contributed by atoms with E-state index in [1.54, 1.807) is 0 Å². The Morgan fingerprint density at radius 3 is 2.58 bits per heavy atom. The lowest BCUT2D eigenvalue weighted by molar-refractivity contribution is -0.137. The minimum Gasteiger partial charge on any atom is -0.399 e. The fourth-order valence-corrected chi connectivity index (χ4v) is 6.22. The van der Waals surface area contributed by atoms with Crippen LogP contribution in [0.2, 0.25) is 0 Å². The van der Waals surface area contributed by atoms with Crippen molar-refractivity contribution < 1.29 is 14.1 Å². The van der Waals surface area contributed by atoms with Crippen molar-refractivity contribution in [2.45, 2.75) is 103 Å². The zero-order valence-corrected chi connectivity index (χ0v) is 20.9. The van der Waals surface area contributed by atoms with E-state index in [1.807, 2.05) is 0 Å². The van der Waals surface area contributed by atoms with Crippen LogP contribution in [-0.4, -0.2) is 46.7 Å². The topological polar surface area (TPSA) is 54.6 Å². The molecule has 0 radical (unpaired) electrons. The van der Waals surface area contributed by atoms with Gasteiger partial charge in [-0.2, -0.15) is 0 Å². The van der Waals surface area contributed by atoms with E-state index in [9.17, 15) is 4.79 Å². The van der Waals surface area contributed by atoms with Crippen LogP contribution in [0.1, 0.15) is 91.0 Å². The molecule has 2 saturated heterocycles. The van der Waals surface area contributed by atoms with Gasteiger partial charge >= 0.3 is 7.12 Å². The highest BCUT2D eigenvalue weighted by molar-refractivity contribution is 6.65.